The van der Waals surface area contributed by atoms with Gasteiger partial charge in [0.05, 0.1) is 5.60 Å². The highest BCUT2D eigenvalue weighted by atomic mass is 16.3. The molecule has 3 N–H and O–H groups in total. The van der Waals surface area contributed by atoms with Crippen molar-refractivity contribution in [1.82, 2.24) is 10.2 Å². The summed E-state index contributed by atoms with van der Waals surface area (Å²) in [4.78, 5) is 14.6. The molecule has 1 saturated heterocycles. The number of aliphatic hydroxyl groups is 2. The lowest BCUT2D eigenvalue weighted by Crippen LogP contribution is -2.57. The fourth-order valence-corrected chi connectivity index (χ4v) is 4.31. The molecule has 1 aromatic rings. The van der Waals surface area contributed by atoms with E-state index in [1.807, 2.05) is 25.1 Å². The van der Waals surface area contributed by atoms with Gasteiger partial charge >= 0.3 is 0 Å². The second kappa shape index (κ2) is 8.07. The van der Waals surface area contributed by atoms with E-state index in [1.165, 1.54) is 5.56 Å². The van der Waals surface area contributed by atoms with E-state index in [9.17, 15) is 15.0 Å². The number of amides is 1. The number of carbonyl (C=O) groups is 1. The Hall–Kier alpha value is -1.43. The maximum atomic E-state index is 12.8. The Balaban J connectivity index is 1.52. The SMILES string of the molecule is Cc1cccc(CN2CCC[C@](O)(CNCCC3(O)CCCC3)C2=O)c1. The highest BCUT2D eigenvalue weighted by molar-refractivity contribution is 5.86. The second-order valence-electron chi connectivity index (χ2n) is 8.21. The van der Waals surface area contributed by atoms with Gasteiger partial charge in [-0.25, -0.2) is 0 Å². The molecule has 1 heterocycles. The molecule has 1 amide bonds. The van der Waals surface area contributed by atoms with Crippen LogP contribution in [0.25, 0.3) is 0 Å². The van der Waals surface area contributed by atoms with Crippen LogP contribution >= 0.6 is 0 Å². The predicted octanol–water partition coefficient (Wildman–Crippen LogP) is 2.13. The normalized spacial score (nSPS) is 25.7. The van der Waals surface area contributed by atoms with Gasteiger partial charge in [-0.2, -0.15) is 0 Å². The van der Waals surface area contributed by atoms with Crippen LogP contribution in [0.3, 0.4) is 0 Å². The molecule has 26 heavy (non-hydrogen) atoms. The summed E-state index contributed by atoms with van der Waals surface area (Å²) in [5.41, 5.74) is 0.386. The van der Waals surface area contributed by atoms with Gasteiger partial charge in [0.2, 0.25) is 0 Å². The van der Waals surface area contributed by atoms with Crippen molar-refractivity contribution in [3.63, 3.8) is 0 Å². The van der Waals surface area contributed by atoms with Gasteiger partial charge in [-0.3, -0.25) is 4.79 Å². The monoisotopic (exact) mass is 360 g/mol. The number of piperidine rings is 1. The Morgan fingerprint density at radius 2 is 1.92 bits per heavy atom. The molecule has 1 aromatic carbocycles. The van der Waals surface area contributed by atoms with E-state index in [1.54, 1.807) is 4.90 Å². The first kappa shape index (κ1) is 19.3. The van der Waals surface area contributed by atoms with Gasteiger partial charge in [0, 0.05) is 19.6 Å². The molecular weight excluding hydrogens is 328 g/mol. The van der Waals surface area contributed by atoms with Crippen LogP contribution in [-0.4, -0.2) is 51.9 Å². The van der Waals surface area contributed by atoms with E-state index in [0.717, 1.165) is 37.7 Å². The summed E-state index contributed by atoms with van der Waals surface area (Å²) in [6.45, 7) is 4.16. The van der Waals surface area contributed by atoms with Gasteiger partial charge in [-0.1, -0.05) is 42.7 Å². The minimum absolute atomic E-state index is 0.183. The number of nitrogens with one attached hydrogen (secondary N) is 1. The molecule has 1 aliphatic heterocycles. The highest BCUT2D eigenvalue weighted by Gasteiger charge is 2.42. The van der Waals surface area contributed by atoms with Crippen LogP contribution in [0.4, 0.5) is 0 Å². The fourth-order valence-electron chi connectivity index (χ4n) is 4.31. The lowest BCUT2D eigenvalue weighted by molar-refractivity contribution is -0.157. The van der Waals surface area contributed by atoms with Crippen LogP contribution in [0, 0.1) is 6.92 Å². The molecule has 0 aromatic heterocycles. The van der Waals surface area contributed by atoms with Gasteiger partial charge in [-0.05, 0) is 51.1 Å². The molecule has 0 unspecified atom stereocenters. The van der Waals surface area contributed by atoms with Crippen LogP contribution in [-0.2, 0) is 11.3 Å². The first-order valence-electron chi connectivity index (χ1n) is 9.91. The zero-order valence-corrected chi connectivity index (χ0v) is 15.8. The summed E-state index contributed by atoms with van der Waals surface area (Å²) in [5, 5.41) is 24.5. The van der Waals surface area contributed by atoms with Crippen LogP contribution in [0.1, 0.15) is 56.1 Å². The quantitative estimate of drug-likeness (QED) is 0.652. The molecule has 2 aliphatic rings. The summed E-state index contributed by atoms with van der Waals surface area (Å²) in [5.74, 6) is -0.183. The second-order valence-corrected chi connectivity index (χ2v) is 8.21. The zero-order valence-electron chi connectivity index (χ0n) is 15.8. The Kier molecular flexibility index (Phi) is 6.00. The van der Waals surface area contributed by atoms with Crippen LogP contribution < -0.4 is 5.32 Å². The molecule has 0 radical (unpaired) electrons. The van der Waals surface area contributed by atoms with Crippen LogP contribution in [0.15, 0.2) is 24.3 Å². The minimum atomic E-state index is -1.33. The number of nitrogens with zero attached hydrogens (tertiary/aromatic N) is 1. The smallest absolute Gasteiger partial charge is 0.256 e. The van der Waals surface area contributed by atoms with Crippen molar-refractivity contribution >= 4 is 5.91 Å². The molecule has 144 valence electrons. The van der Waals surface area contributed by atoms with Crippen molar-refractivity contribution < 1.29 is 15.0 Å². The summed E-state index contributed by atoms with van der Waals surface area (Å²) >= 11 is 0. The van der Waals surface area contributed by atoms with Crippen molar-refractivity contribution in [3.05, 3.63) is 35.4 Å². The van der Waals surface area contributed by atoms with Gasteiger partial charge in [0.25, 0.3) is 5.91 Å². The van der Waals surface area contributed by atoms with Crippen molar-refractivity contribution in [2.75, 3.05) is 19.6 Å². The largest absolute Gasteiger partial charge is 0.390 e. The molecule has 3 rings (SSSR count). The standard InChI is InChI=1S/C21H32N2O3/c1-17-6-4-7-18(14-17)15-23-13-5-10-21(26,19(23)24)16-22-12-11-20(25)8-2-3-9-20/h4,6-7,14,22,25-26H,2-3,5,8-13,15-16H2,1H3/t21-/m0/s1. The van der Waals surface area contributed by atoms with Crippen molar-refractivity contribution in [3.8, 4) is 0 Å². The maximum absolute atomic E-state index is 12.8. The minimum Gasteiger partial charge on any atom is -0.390 e. The zero-order chi connectivity index (χ0) is 18.6. The Morgan fingerprint density at radius 1 is 1.15 bits per heavy atom. The number of rotatable bonds is 7. The van der Waals surface area contributed by atoms with Gasteiger partial charge in [0.1, 0.15) is 0 Å². The predicted molar refractivity (Wildman–Crippen MR) is 102 cm³/mol. The summed E-state index contributed by atoms with van der Waals surface area (Å²) in [7, 11) is 0. The van der Waals surface area contributed by atoms with E-state index in [4.69, 9.17) is 0 Å². The molecule has 2 fully saturated rings. The van der Waals surface area contributed by atoms with E-state index in [2.05, 4.69) is 11.4 Å². The molecule has 5 nitrogen and oxygen atoms in total. The third-order valence-corrected chi connectivity index (χ3v) is 5.88. The molecular formula is C21H32N2O3. The molecule has 5 heteroatoms. The van der Waals surface area contributed by atoms with E-state index >= 15 is 0 Å². The molecule has 0 bridgehead atoms. The first-order chi connectivity index (χ1) is 12.4. The Labute approximate surface area is 156 Å². The van der Waals surface area contributed by atoms with E-state index in [0.29, 0.717) is 32.5 Å². The van der Waals surface area contributed by atoms with Gasteiger partial charge < -0.3 is 20.4 Å². The maximum Gasteiger partial charge on any atom is 0.256 e. The van der Waals surface area contributed by atoms with Crippen molar-refractivity contribution in [2.45, 2.75) is 69.6 Å². The Bertz CT molecular complexity index is 627. The number of hydrogen-bond donors (Lipinski definition) is 3. The lowest BCUT2D eigenvalue weighted by Gasteiger charge is -2.38. The van der Waals surface area contributed by atoms with Crippen molar-refractivity contribution in [1.29, 1.82) is 0 Å². The summed E-state index contributed by atoms with van der Waals surface area (Å²) < 4.78 is 0. The number of likely N-dealkylation sites (tertiary alicyclic amines) is 1. The molecule has 1 atom stereocenters. The molecule has 1 aliphatic carbocycles. The number of hydrogen-bond acceptors (Lipinski definition) is 4. The van der Waals surface area contributed by atoms with E-state index in [-0.39, 0.29) is 12.5 Å². The lowest BCUT2D eigenvalue weighted by atomic mass is 9.91. The number of carbonyl (C=O) groups excluding carboxylic acids is 1. The number of aryl methyl sites for hydroxylation is 1. The van der Waals surface area contributed by atoms with E-state index < -0.39 is 11.2 Å². The summed E-state index contributed by atoms with van der Waals surface area (Å²) in [6.07, 6.45) is 5.89. The summed E-state index contributed by atoms with van der Waals surface area (Å²) in [6, 6.07) is 8.15. The highest BCUT2D eigenvalue weighted by Crippen LogP contribution is 2.32. The van der Waals surface area contributed by atoms with Crippen LogP contribution in [0.2, 0.25) is 0 Å². The number of benzene rings is 1. The fraction of sp³-hybridized carbons (Fsp3) is 0.667. The van der Waals surface area contributed by atoms with Gasteiger partial charge in [-0.15, -0.1) is 0 Å². The third-order valence-electron chi connectivity index (χ3n) is 5.88. The van der Waals surface area contributed by atoms with Crippen LogP contribution in [0.5, 0.6) is 0 Å². The third kappa shape index (κ3) is 4.64. The Morgan fingerprint density at radius 3 is 2.65 bits per heavy atom. The average molecular weight is 360 g/mol. The van der Waals surface area contributed by atoms with Crippen molar-refractivity contribution in [2.24, 2.45) is 0 Å². The average Bonchev–Trinajstić information content (AvgIpc) is 3.03. The topological polar surface area (TPSA) is 72.8 Å². The molecule has 0 spiro atoms. The molecule has 1 saturated carbocycles. The first-order valence-corrected chi connectivity index (χ1v) is 9.91. The van der Waals surface area contributed by atoms with Gasteiger partial charge in [0.15, 0.2) is 5.60 Å².